The van der Waals surface area contributed by atoms with E-state index >= 15 is 0 Å². The van der Waals surface area contributed by atoms with Crippen molar-refractivity contribution in [2.24, 2.45) is 0 Å². The van der Waals surface area contributed by atoms with Gasteiger partial charge in [-0.3, -0.25) is 9.59 Å². The molecule has 2 aliphatic rings. The minimum absolute atomic E-state index is 0.291. The van der Waals surface area contributed by atoms with E-state index in [2.05, 4.69) is 10.2 Å². The number of rotatable bonds is 1. The van der Waals surface area contributed by atoms with Gasteiger partial charge in [-0.15, -0.1) is 0 Å². The average molecular weight is 360 g/mol. The molecule has 0 fully saturated rings. The molecule has 0 saturated carbocycles. The summed E-state index contributed by atoms with van der Waals surface area (Å²) in [6.45, 7) is 1.36. The Balaban J connectivity index is 1.89. The van der Waals surface area contributed by atoms with Crippen LogP contribution in [0.2, 0.25) is 0 Å². The summed E-state index contributed by atoms with van der Waals surface area (Å²) < 4.78 is 38.4. The van der Waals surface area contributed by atoms with Gasteiger partial charge in [-0.1, -0.05) is 12.1 Å². The molecule has 134 valence electrons. The second-order valence-electron chi connectivity index (χ2n) is 6.65. The number of ketones is 1. The van der Waals surface area contributed by atoms with Crippen molar-refractivity contribution < 1.29 is 22.8 Å². The number of carbonyl (C=O) groups is 2. The highest BCUT2D eigenvalue weighted by Crippen LogP contribution is 2.40. The molecule has 2 heterocycles. The fourth-order valence-corrected chi connectivity index (χ4v) is 3.60. The van der Waals surface area contributed by atoms with Crippen LogP contribution in [0.25, 0.3) is 11.1 Å². The minimum atomic E-state index is -4.40. The third-order valence-corrected chi connectivity index (χ3v) is 4.93. The molecule has 7 heteroatoms. The predicted octanol–water partition coefficient (Wildman–Crippen LogP) is 3.50. The standard InChI is InChI=1S/C19H15F3N2O2/c1-24-7-6-12-13(10-2-4-11(5-3-10)19(20,21)22)8-14-16(15(12)9-24)23-18(26)17(14)25/h2-5,8H,6-7,9H2,1H3,(H,23,25,26). The van der Waals surface area contributed by atoms with E-state index in [4.69, 9.17) is 0 Å². The summed E-state index contributed by atoms with van der Waals surface area (Å²) in [7, 11) is 1.94. The average Bonchev–Trinajstić information content (AvgIpc) is 2.88. The smallest absolute Gasteiger partial charge is 0.318 e. The number of carbonyl (C=O) groups excluding carboxylic acids is 2. The molecule has 0 atom stereocenters. The van der Waals surface area contributed by atoms with E-state index in [1.54, 1.807) is 6.07 Å². The predicted molar refractivity (Wildman–Crippen MR) is 89.9 cm³/mol. The van der Waals surface area contributed by atoms with Gasteiger partial charge < -0.3 is 10.2 Å². The summed E-state index contributed by atoms with van der Waals surface area (Å²) in [5, 5.41) is 2.64. The lowest BCUT2D eigenvalue weighted by Crippen LogP contribution is -2.27. The fourth-order valence-electron chi connectivity index (χ4n) is 3.60. The van der Waals surface area contributed by atoms with E-state index in [1.807, 2.05) is 7.05 Å². The van der Waals surface area contributed by atoms with Gasteiger partial charge in [0.05, 0.1) is 16.8 Å². The molecule has 4 rings (SSSR count). The minimum Gasteiger partial charge on any atom is -0.318 e. The lowest BCUT2D eigenvalue weighted by Gasteiger charge is -2.29. The van der Waals surface area contributed by atoms with Gasteiger partial charge in [0.15, 0.2) is 0 Å². The van der Waals surface area contributed by atoms with Gasteiger partial charge in [-0.05, 0) is 53.9 Å². The van der Waals surface area contributed by atoms with Gasteiger partial charge >= 0.3 is 6.18 Å². The molecular weight excluding hydrogens is 345 g/mol. The van der Waals surface area contributed by atoms with Crippen LogP contribution in [0.3, 0.4) is 0 Å². The lowest BCUT2D eigenvalue weighted by molar-refractivity contribution is -0.137. The molecule has 0 unspecified atom stereocenters. The largest absolute Gasteiger partial charge is 0.416 e. The van der Waals surface area contributed by atoms with E-state index in [1.165, 1.54) is 12.1 Å². The number of anilines is 1. The maximum Gasteiger partial charge on any atom is 0.416 e. The number of fused-ring (bicyclic) bond motifs is 3. The molecule has 4 nitrogen and oxygen atoms in total. The first-order valence-corrected chi connectivity index (χ1v) is 8.16. The number of likely N-dealkylation sites (N-methyl/N-ethyl adjacent to an activating group) is 1. The van der Waals surface area contributed by atoms with E-state index < -0.39 is 23.4 Å². The normalized spacial score (nSPS) is 17.1. The van der Waals surface area contributed by atoms with Crippen molar-refractivity contribution in [1.82, 2.24) is 4.90 Å². The zero-order chi connectivity index (χ0) is 18.6. The Morgan fingerprint density at radius 1 is 1.04 bits per heavy atom. The summed E-state index contributed by atoms with van der Waals surface area (Å²) >= 11 is 0. The number of benzene rings is 2. The highest BCUT2D eigenvalue weighted by atomic mass is 19.4. The van der Waals surface area contributed by atoms with E-state index in [0.29, 0.717) is 35.3 Å². The number of nitrogens with zero attached hydrogens (tertiary/aromatic N) is 1. The van der Waals surface area contributed by atoms with Gasteiger partial charge in [0.1, 0.15) is 0 Å². The van der Waals surface area contributed by atoms with Crippen LogP contribution in [0.15, 0.2) is 30.3 Å². The summed E-state index contributed by atoms with van der Waals surface area (Å²) in [6, 6.07) is 6.53. The zero-order valence-corrected chi connectivity index (χ0v) is 13.9. The first-order chi connectivity index (χ1) is 12.3. The summed E-state index contributed by atoms with van der Waals surface area (Å²) in [4.78, 5) is 26.0. The van der Waals surface area contributed by atoms with Gasteiger partial charge in [-0.25, -0.2) is 0 Å². The second-order valence-corrected chi connectivity index (χ2v) is 6.65. The van der Waals surface area contributed by atoms with Gasteiger partial charge in [0, 0.05) is 13.1 Å². The maximum atomic E-state index is 12.8. The molecule has 0 aliphatic carbocycles. The molecule has 0 spiro atoms. The first kappa shape index (κ1) is 16.8. The van der Waals surface area contributed by atoms with Gasteiger partial charge in [-0.2, -0.15) is 13.2 Å². The van der Waals surface area contributed by atoms with Crippen molar-refractivity contribution >= 4 is 17.4 Å². The Morgan fingerprint density at radius 2 is 1.73 bits per heavy atom. The number of amides is 1. The monoisotopic (exact) mass is 360 g/mol. The van der Waals surface area contributed by atoms with Crippen molar-refractivity contribution in [2.75, 3.05) is 18.9 Å². The summed E-state index contributed by atoms with van der Waals surface area (Å²) in [6.07, 6.45) is -3.70. The Bertz CT molecular complexity index is 933. The number of hydrogen-bond donors (Lipinski definition) is 1. The van der Waals surface area contributed by atoms with Crippen molar-refractivity contribution in [3.63, 3.8) is 0 Å². The molecule has 2 aliphatic heterocycles. The molecule has 2 aromatic carbocycles. The van der Waals surface area contributed by atoms with Crippen LogP contribution in [0.1, 0.15) is 27.0 Å². The van der Waals surface area contributed by atoms with Crippen LogP contribution < -0.4 is 5.32 Å². The van der Waals surface area contributed by atoms with Crippen LogP contribution >= 0.6 is 0 Å². The third-order valence-electron chi connectivity index (χ3n) is 4.93. The Kier molecular flexibility index (Phi) is 3.66. The van der Waals surface area contributed by atoms with E-state index in [0.717, 1.165) is 29.8 Å². The molecule has 26 heavy (non-hydrogen) atoms. The molecule has 2 aromatic rings. The Labute approximate surface area is 147 Å². The fraction of sp³-hybridized carbons (Fsp3) is 0.263. The molecule has 0 radical (unpaired) electrons. The number of Topliss-reactive ketones (excluding diaryl/α,β-unsaturated/α-hetero) is 1. The molecule has 1 N–H and O–H groups in total. The Hall–Kier alpha value is -2.67. The van der Waals surface area contributed by atoms with Crippen molar-refractivity contribution in [3.05, 3.63) is 52.6 Å². The maximum absolute atomic E-state index is 12.8. The quantitative estimate of drug-likeness (QED) is 0.792. The first-order valence-electron chi connectivity index (χ1n) is 8.16. The lowest BCUT2D eigenvalue weighted by atomic mass is 9.87. The molecule has 0 bridgehead atoms. The van der Waals surface area contributed by atoms with E-state index in [-0.39, 0.29) is 0 Å². The highest BCUT2D eigenvalue weighted by Gasteiger charge is 2.34. The number of halogens is 3. The van der Waals surface area contributed by atoms with Crippen LogP contribution in [-0.4, -0.2) is 30.2 Å². The van der Waals surface area contributed by atoms with E-state index in [9.17, 15) is 22.8 Å². The third kappa shape index (κ3) is 2.59. The van der Waals surface area contributed by atoms with Crippen LogP contribution in [-0.2, 0) is 23.9 Å². The van der Waals surface area contributed by atoms with Crippen molar-refractivity contribution in [2.45, 2.75) is 19.1 Å². The van der Waals surface area contributed by atoms with Crippen LogP contribution in [0.5, 0.6) is 0 Å². The molecule has 0 aromatic heterocycles. The zero-order valence-electron chi connectivity index (χ0n) is 13.9. The summed E-state index contributed by atoms with van der Waals surface area (Å²) in [5.41, 5.74) is 3.27. The van der Waals surface area contributed by atoms with Gasteiger partial charge in [0.2, 0.25) is 0 Å². The highest BCUT2D eigenvalue weighted by molar-refractivity contribution is 6.52. The number of hydrogen-bond acceptors (Lipinski definition) is 3. The van der Waals surface area contributed by atoms with Crippen molar-refractivity contribution in [1.29, 1.82) is 0 Å². The van der Waals surface area contributed by atoms with Gasteiger partial charge in [0.25, 0.3) is 11.7 Å². The van der Waals surface area contributed by atoms with Crippen LogP contribution in [0, 0.1) is 0 Å². The number of alkyl halides is 3. The molecular formula is C19H15F3N2O2. The number of nitrogens with one attached hydrogen (secondary N) is 1. The summed E-state index contributed by atoms with van der Waals surface area (Å²) in [5.74, 6) is -1.27. The topological polar surface area (TPSA) is 49.4 Å². The van der Waals surface area contributed by atoms with Crippen LogP contribution in [0.4, 0.5) is 18.9 Å². The second kappa shape index (κ2) is 5.67. The SMILES string of the molecule is CN1CCc2c(-c3ccc(C(F)(F)F)cc3)cc3c(c2C1)NC(=O)C3=O. The molecule has 0 saturated heterocycles. The molecule has 1 amide bonds. The van der Waals surface area contributed by atoms with Crippen molar-refractivity contribution in [3.8, 4) is 11.1 Å². The Morgan fingerprint density at radius 3 is 2.38 bits per heavy atom.